The van der Waals surface area contributed by atoms with Gasteiger partial charge in [-0.2, -0.15) is 0 Å². The lowest BCUT2D eigenvalue weighted by Crippen LogP contribution is -2.03. The van der Waals surface area contributed by atoms with Crippen LogP contribution in [0, 0.1) is 0 Å². The van der Waals surface area contributed by atoms with E-state index >= 15 is 0 Å². The third-order valence-corrected chi connectivity index (χ3v) is 7.73. The molecule has 0 heterocycles. The molecule has 0 aliphatic carbocycles. The number of hydrogen-bond donors (Lipinski definition) is 4. The van der Waals surface area contributed by atoms with E-state index < -0.39 is 0 Å². The molecule has 4 rings (SSSR count). The SMILES string of the molecule is Oc1ccccc1C(CCCCCCCCCC(c1ccccc1O)c1ccccc1O)c1ccccc1O. The van der Waals surface area contributed by atoms with Crippen molar-refractivity contribution in [1.82, 2.24) is 0 Å². The molecule has 0 atom stereocenters. The number of phenols is 4. The molecule has 204 valence electrons. The van der Waals surface area contributed by atoms with Gasteiger partial charge >= 0.3 is 0 Å². The monoisotopic (exact) mass is 524 g/mol. The second-order valence-corrected chi connectivity index (χ2v) is 10.4. The maximum atomic E-state index is 10.5. The summed E-state index contributed by atoms with van der Waals surface area (Å²) in [6.07, 6.45) is 9.47. The van der Waals surface area contributed by atoms with Crippen LogP contribution in [0.3, 0.4) is 0 Å². The van der Waals surface area contributed by atoms with Crippen LogP contribution >= 0.6 is 0 Å². The predicted octanol–water partition coefficient (Wildman–Crippen LogP) is 8.98. The summed E-state index contributed by atoms with van der Waals surface area (Å²) in [4.78, 5) is 0. The topological polar surface area (TPSA) is 80.9 Å². The molecule has 39 heavy (non-hydrogen) atoms. The van der Waals surface area contributed by atoms with Crippen LogP contribution < -0.4 is 0 Å². The Labute approximate surface area is 232 Å². The van der Waals surface area contributed by atoms with Crippen molar-refractivity contribution in [2.75, 3.05) is 0 Å². The summed E-state index contributed by atoms with van der Waals surface area (Å²) in [5.41, 5.74) is 3.45. The molecule has 0 spiro atoms. The molecule has 4 aromatic rings. The molecule has 4 heteroatoms. The highest BCUT2D eigenvalue weighted by Gasteiger charge is 2.21. The Balaban J connectivity index is 1.24. The highest BCUT2D eigenvalue weighted by atomic mass is 16.3. The van der Waals surface area contributed by atoms with Crippen molar-refractivity contribution in [3.8, 4) is 23.0 Å². The lowest BCUT2D eigenvalue weighted by Gasteiger charge is -2.20. The van der Waals surface area contributed by atoms with E-state index in [0.717, 1.165) is 80.0 Å². The molecular formula is C35H40O4. The van der Waals surface area contributed by atoms with Gasteiger partial charge in [0.15, 0.2) is 0 Å². The zero-order valence-electron chi connectivity index (χ0n) is 22.5. The van der Waals surface area contributed by atoms with Crippen LogP contribution in [0.25, 0.3) is 0 Å². The van der Waals surface area contributed by atoms with Crippen LogP contribution in [0.15, 0.2) is 97.1 Å². The number of para-hydroxylation sites is 4. The summed E-state index contributed by atoms with van der Waals surface area (Å²) in [5, 5.41) is 41.8. The average molecular weight is 525 g/mol. The fraction of sp³-hybridized carbons (Fsp3) is 0.314. The molecule has 0 saturated heterocycles. The maximum absolute atomic E-state index is 10.5. The molecule has 0 aliphatic heterocycles. The van der Waals surface area contributed by atoms with Gasteiger partial charge in [0.05, 0.1) is 0 Å². The highest BCUT2D eigenvalue weighted by molar-refractivity contribution is 5.47. The summed E-state index contributed by atoms with van der Waals surface area (Å²) in [6, 6.07) is 29.7. The Kier molecular flexibility index (Phi) is 10.3. The molecule has 4 N–H and O–H groups in total. The van der Waals surface area contributed by atoms with Gasteiger partial charge in [-0.15, -0.1) is 0 Å². The first kappa shape index (κ1) is 28.1. The summed E-state index contributed by atoms with van der Waals surface area (Å²) < 4.78 is 0. The summed E-state index contributed by atoms with van der Waals surface area (Å²) in [6.45, 7) is 0. The van der Waals surface area contributed by atoms with Gasteiger partial charge in [-0.05, 0) is 37.1 Å². The van der Waals surface area contributed by atoms with E-state index in [1.165, 1.54) is 0 Å². The maximum Gasteiger partial charge on any atom is 0.119 e. The Morgan fingerprint density at radius 3 is 0.821 bits per heavy atom. The highest BCUT2D eigenvalue weighted by Crippen LogP contribution is 2.40. The first-order valence-corrected chi connectivity index (χ1v) is 14.2. The predicted molar refractivity (Wildman–Crippen MR) is 158 cm³/mol. The minimum Gasteiger partial charge on any atom is -0.508 e. The van der Waals surface area contributed by atoms with Gasteiger partial charge in [-0.3, -0.25) is 0 Å². The smallest absolute Gasteiger partial charge is 0.119 e. The zero-order chi connectivity index (χ0) is 27.5. The molecule has 0 aliphatic rings. The second-order valence-electron chi connectivity index (χ2n) is 10.4. The Morgan fingerprint density at radius 1 is 0.333 bits per heavy atom. The Hall–Kier alpha value is -3.92. The molecule has 0 bridgehead atoms. The van der Waals surface area contributed by atoms with Gasteiger partial charge in [0, 0.05) is 34.1 Å². The van der Waals surface area contributed by atoms with Crippen molar-refractivity contribution in [1.29, 1.82) is 0 Å². The van der Waals surface area contributed by atoms with E-state index in [9.17, 15) is 20.4 Å². The standard InChI is InChI=1S/C35H40O4/c36-32-22-12-8-18-28(32)26(29-19-9-13-23-33(29)37)16-6-4-2-1-3-5-7-17-27(30-20-10-14-24-34(30)38)31-21-11-15-25-35(31)39/h8-15,18-27,36-39H,1-7,16-17H2. The van der Waals surface area contributed by atoms with Gasteiger partial charge in [-0.25, -0.2) is 0 Å². The van der Waals surface area contributed by atoms with Gasteiger partial charge in [-0.1, -0.05) is 118 Å². The van der Waals surface area contributed by atoms with Gasteiger partial charge in [0.1, 0.15) is 23.0 Å². The molecule has 0 saturated carbocycles. The van der Waals surface area contributed by atoms with E-state index in [-0.39, 0.29) is 34.8 Å². The quantitative estimate of drug-likeness (QED) is 0.124. The molecular weight excluding hydrogens is 484 g/mol. The van der Waals surface area contributed by atoms with Crippen LogP contribution in [0.2, 0.25) is 0 Å². The molecule has 4 nitrogen and oxygen atoms in total. The first-order valence-electron chi connectivity index (χ1n) is 14.2. The summed E-state index contributed by atoms with van der Waals surface area (Å²) in [7, 11) is 0. The molecule has 0 radical (unpaired) electrons. The van der Waals surface area contributed by atoms with Crippen molar-refractivity contribution in [3.63, 3.8) is 0 Å². The molecule has 0 unspecified atom stereocenters. The molecule has 0 aromatic heterocycles. The van der Waals surface area contributed by atoms with Gasteiger partial charge in [0.2, 0.25) is 0 Å². The lowest BCUT2D eigenvalue weighted by molar-refractivity contribution is 0.446. The van der Waals surface area contributed by atoms with Crippen molar-refractivity contribution >= 4 is 0 Å². The normalized spacial score (nSPS) is 11.3. The van der Waals surface area contributed by atoms with E-state index in [4.69, 9.17) is 0 Å². The van der Waals surface area contributed by atoms with Crippen molar-refractivity contribution in [2.24, 2.45) is 0 Å². The summed E-state index contributed by atoms with van der Waals surface area (Å²) in [5.74, 6) is 1.03. The van der Waals surface area contributed by atoms with E-state index in [1.54, 1.807) is 24.3 Å². The minimum absolute atomic E-state index is 0.0341. The fourth-order valence-corrected chi connectivity index (χ4v) is 5.67. The van der Waals surface area contributed by atoms with Crippen LogP contribution in [0.1, 0.15) is 91.9 Å². The number of phenolic OH excluding ortho intramolecular Hbond substituents is 4. The van der Waals surface area contributed by atoms with E-state index in [1.807, 2.05) is 72.8 Å². The summed E-state index contributed by atoms with van der Waals surface area (Å²) >= 11 is 0. The first-order chi connectivity index (χ1) is 19.1. The lowest BCUT2D eigenvalue weighted by atomic mass is 9.85. The van der Waals surface area contributed by atoms with Crippen LogP contribution in [0.5, 0.6) is 23.0 Å². The van der Waals surface area contributed by atoms with Crippen LogP contribution in [-0.2, 0) is 0 Å². The third kappa shape index (κ3) is 7.57. The second kappa shape index (κ2) is 14.3. The van der Waals surface area contributed by atoms with Gasteiger partial charge in [0.25, 0.3) is 0 Å². The minimum atomic E-state index is -0.0341. The Bertz CT molecular complexity index is 1120. The van der Waals surface area contributed by atoms with Crippen molar-refractivity contribution in [3.05, 3.63) is 119 Å². The van der Waals surface area contributed by atoms with E-state index in [0.29, 0.717) is 0 Å². The third-order valence-electron chi connectivity index (χ3n) is 7.73. The van der Waals surface area contributed by atoms with Gasteiger partial charge < -0.3 is 20.4 Å². The number of aromatic hydroxyl groups is 4. The Morgan fingerprint density at radius 2 is 0.564 bits per heavy atom. The van der Waals surface area contributed by atoms with E-state index in [2.05, 4.69) is 0 Å². The molecule has 0 fully saturated rings. The number of hydrogen-bond acceptors (Lipinski definition) is 4. The molecule has 4 aromatic carbocycles. The zero-order valence-corrected chi connectivity index (χ0v) is 22.5. The van der Waals surface area contributed by atoms with Crippen LogP contribution in [0.4, 0.5) is 0 Å². The average Bonchev–Trinajstić information content (AvgIpc) is 2.94. The largest absolute Gasteiger partial charge is 0.508 e. The fourth-order valence-electron chi connectivity index (χ4n) is 5.67. The molecule has 0 amide bonds. The van der Waals surface area contributed by atoms with Crippen molar-refractivity contribution < 1.29 is 20.4 Å². The number of unbranched alkanes of at least 4 members (excludes halogenated alkanes) is 6. The van der Waals surface area contributed by atoms with Crippen molar-refractivity contribution in [2.45, 2.75) is 69.6 Å². The number of rotatable bonds is 14. The van der Waals surface area contributed by atoms with Crippen LogP contribution in [-0.4, -0.2) is 20.4 Å². The number of benzene rings is 4.